The SMILES string of the molecule is COc1ccc2c(c1)c1cc(-c3cccc4c3S(=O)(=O)c3ccccc3-4)ccc1n2-c1cccc2c1S(=O)(=O)c1ccccc1-2. The topological polar surface area (TPSA) is 82.4 Å². The first-order chi connectivity index (χ1) is 21.8. The van der Waals surface area contributed by atoms with Crippen molar-refractivity contribution in [2.45, 2.75) is 19.6 Å². The van der Waals surface area contributed by atoms with Crippen molar-refractivity contribution in [3.05, 3.63) is 121 Å². The van der Waals surface area contributed by atoms with E-state index in [2.05, 4.69) is 0 Å². The molecule has 7 aromatic rings. The van der Waals surface area contributed by atoms with E-state index in [1.54, 1.807) is 31.4 Å². The van der Waals surface area contributed by atoms with Crippen LogP contribution in [0.3, 0.4) is 0 Å². The molecule has 218 valence electrons. The second-order valence-electron chi connectivity index (χ2n) is 11.3. The minimum Gasteiger partial charge on any atom is -0.497 e. The average Bonchev–Trinajstić information content (AvgIpc) is 3.61. The fourth-order valence-corrected chi connectivity index (χ4v) is 10.8. The highest BCUT2D eigenvalue weighted by Crippen LogP contribution is 2.50. The normalized spacial score (nSPS) is 15.0. The van der Waals surface area contributed by atoms with Gasteiger partial charge in [0.25, 0.3) is 0 Å². The number of fused-ring (bicyclic) bond motifs is 9. The summed E-state index contributed by atoms with van der Waals surface area (Å²) in [7, 11) is -5.90. The standard InChI is InChI=1S/C37H23NO5S2/c1-43-23-17-19-32-30(21-23)29-20-22(24-10-6-11-27-25-8-2-4-14-34(25)44(39,40)36(24)27)16-18-31(29)38(32)33-13-7-12-28-26-9-3-5-15-35(26)45(41,42)37(28)33/h2-21H,1H3. The number of nitrogens with zero attached hydrogens (tertiary/aromatic N) is 1. The highest BCUT2D eigenvalue weighted by Gasteiger charge is 2.37. The van der Waals surface area contributed by atoms with Gasteiger partial charge in [0.2, 0.25) is 19.7 Å². The van der Waals surface area contributed by atoms with Gasteiger partial charge in [-0.3, -0.25) is 0 Å². The van der Waals surface area contributed by atoms with Crippen LogP contribution in [0.4, 0.5) is 0 Å². The zero-order valence-corrected chi connectivity index (χ0v) is 25.5. The van der Waals surface area contributed by atoms with Gasteiger partial charge in [0, 0.05) is 38.6 Å². The van der Waals surface area contributed by atoms with Crippen molar-refractivity contribution in [2.24, 2.45) is 0 Å². The molecular formula is C37H23NO5S2. The fraction of sp³-hybridized carbons (Fsp3) is 0.0270. The lowest BCUT2D eigenvalue weighted by Gasteiger charge is -2.13. The molecule has 0 amide bonds. The zero-order chi connectivity index (χ0) is 30.7. The second kappa shape index (κ2) is 8.94. The quantitative estimate of drug-likeness (QED) is 0.198. The van der Waals surface area contributed by atoms with Crippen molar-refractivity contribution in [1.82, 2.24) is 4.57 Å². The summed E-state index contributed by atoms with van der Waals surface area (Å²) in [5.41, 5.74) is 6.28. The van der Waals surface area contributed by atoms with Gasteiger partial charge in [-0.2, -0.15) is 0 Å². The van der Waals surface area contributed by atoms with Crippen LogP contribution in [-0.4, -0.2) is 28.5 Å². The van der Waals surface area contributed by atoms with Crippen LogP contribution in [-0.2, 0) is 19.7 Å². The van der Waals surface area contributed by atoms with E-state index in [1.165, 1.54) is 0 Å². The summed E-state index contributed by atoms with van der Waals surface area (Å²) in [6.07, 6.45) is 0. The van der Waals surface area contributed by atoms with Crippen molar-refractivity contribution in [3.63, 3.8) is 0 Å². The number of benzene rings is 6. The van der Waals surface area contributed by atoms with Crippen LogP contribution in [0.2, 0.25) is 0 Å². The molecule has 2 aliphatic heterocycles. The Morgan fingerprint density at radius 1 is 0.511 bits per heavy atom. The summed E-state index contributed by atoms with van der Waals surface area (Å²) in [5.74, 6) is 0.656. The number of hydrogen-bond acceptors (Lipinski definition) is 5. The van der Waals surface area contributed by atoms with Crippen LogP contribution in [0, 0.1) is 0 Å². The van der Waals surface area contributed by atoms with E-state index in [1.807, 2.05) is 102 Å². The van der Waals surface area contributed by atoms with Crippen molar-refractivity contribution >= 4 is 41.5 Å². The third kappa shape index (κ3) is 3.38. The summed E-state index contributed by atoms with van der Waals surface area (Å²) in [6, 6.07) is 36.9. The predicted octanol–water partition coefficient (Wildman–Crippen LogP) is 8.09. The Balaban J connectivity index is 1.34. The molecule has 0 unspecified atom stereocenters. The molecule has 9 rings (SSSR count). The minimum absolute atomic E-state index is 0.273. The molecule has 0 saturated carbocycles. The molecule has 3 heterocycles. The molecule has 6 aromatic carbocycles. The molecule has 8 heteroatoms. The molecular weight excluding hydrogens is 603 g/mol. The van der Waals surface area contributed by atoms with Crippen molar-refractivity contribution in [3.8, 4) is 44.8 Å². The Kier molecular flexibility index (Phi) is 5.21. The number of methoxy groups -OCH3 is 1. The first kappa shape index (κ1) is 26.2. The smallest absolute Gasteiger partial charge is 0.209 e. The van der Waals surface area contributed by atoms with Gasteiger partial charge in [0.15, 0.2) is 0 Å². The van der Waals surface area contributed by atoms with Gasteiger partial charge in [-0.05, 0) is 54.1 Å². The monoisotopic (exact) mass is 625 g/mol. The highest BCUT2D eigenvalue weighted by molar-refractivity contribution is 7.92. The molecule has 0 bridgehead atoms. The van der Waals surface area contributed by atoms with Crippen LogP contribution in [0.15, 0.2) is 141 Å². The lowest BCUT2D eigenvalue weighted by molar-refractivity contribution is 0.415. The molecule has 0 atom stereocenters. The summed E-state index contributed by atoms with van der Waals surface area (Å²) in [4.78, 5) is 1.19. The Labute approximate surface area is 259 Å². The summed E-state index contributed by atoms with van der Waals surface area (Å²) >= 11 is 0. The van der Waals surface area contributed by atoms with Crippen molar-refractivity contribution < 1.29 is 21.6 Å². The molecule has 0 saturated heterocycles. The number of rotatable bonds is 3. The van der Waals surface area contributed by atoms with Gasteiger partial charge in [-0.15, -0.1) is 0 Å². The Morgan fingerprint density at radius 3 is 1.73 bits per heavy atom. The van der Waals surface area contributed by atoms with Gasteiger partial charge < -0.3 is 9.30 Å². The third-order valence-corrected chi connectivity index (χ3v) is 12.8. The Bertz CT molecular complexity index is 2670. The van der Waals surface area contributed by atoms with Gasteiger partial charge >= 0.3 is 0 Å². The molecule has 0 aliphatic carbocycles. The molecule has 6 nitrogen and oxygen atoms in total. The maximum atomic E-state index is 14.0. The number of aromatic nitrogens is 1. The summed E-state index contributed by atoms with van der Waals surface area (Å²) in [6.45, 7) is 0. The molecule has 0 spiro atoms. The first-order valence-corrected chi connectivity index (χ1v) is 17.4. The van der Waals surface area contributed by atoms with Crippen LogP contribution in [0.5, 0.6) is 5.75 Å². The molecule has 0 fully saturated rings. The van der Waals surface area contributed by atoms with E-state index in [-0.39, 0.29) is 4.90 Å². The third-order valence-electron chi connectivity index (χ3n) is 9.00. The van der Waals surface area contributed by atoms with Crippen LogP contribution in [0.1, 0.15) is 0 Å². The molecule has 0 radical (unpaired) electrons. The van der Waals surface area contributed by atoms with E-state index >= 15 is 0 Å². The molecule has 2 aliphatic rings. The summed E-state index contributed by atoms with van der Waals surface area (Å²) < 4.78 is 63.1. The number of ether oxygens (including phenoxy) is 1. The summed E-state index contributed by atoms with van der Waals surface area (Å²) in [5, 5.41) is 1.70. The van der Waals surface area contributed by atoms with Crippen molar-refractivity contribution in [1.29, 1.82) is 0 Å². The lowest BCUT2D eigenvalue weighted by atomic mass is 9.98. The zero-order valence-electron chi connectivity index (χ0n) is 23.9. The van der Waals surface area contributed by atoms with Gasteiger partial charge in [-0.1, -0.05) is 72.8 Å². The van der Waals surface area contributed by atoms with E-state index in [9.17, 15) is 16.8 Å². The molecule has 45 heavy (non-hydrogen) atoms. The Morgan fingerprint density at radius 2 is 1.04 bits per heavy atom. The van der Waals surface area contributed by atoms with Gasteiger partial charge in [0.05, 0.1) is 38.5 Å². The largest absolute Gasteiger partial charge is 0.497 e. The van der Waals surface area contributed by atoms with E-state index in [0.29, 0.717) is 53.9 Å². The van der Waals surface area contributed by atoms with Crippen molar-refractivity contribution in [2.75, 3.05) is 7.11 Å². The Hall–Kier alpha value is -5.18. The van der Waals surface area contributed by atoms with Gasteiger partial charge in [-0.25, -0.2) is 16.8 Å². The maximum absolute atomic E-state index is 14.0. The average molecular weight is 626 g/mol. The second-order valence-corrected chi connectivity index (χ2v) is 15.0. The number of sulfone groups is 2. The predicted molar refractivity (Wildman–Crippen MR) is 175 cm³/mol. The number of hydrogen-bond donors (Lipinski definition) is 0. The first-order valence-electron chi connectivity index (χ1n) is 14.4. The fourth-order valence-electron chi connectivity index (χ4n) is 7.08. The molecule has 1 aromatic heterocycles. The lowest BCUT2D eigenvalue weighted by Crippen LogP contribution is -2.04. The minimum atomic E-state index is -3.78. The molecule has 0 N–H and O–H groups in total. The van der Waals surface area contributed by atoms with Gasteiger partial charge in [0.1, 0.15) is 10.6 Å². The van der Waals surface area contributed by atoms with E-state index in [0.717, 1.165) is 27.4 Å². The van der Waals surface area contributed by atoms with Crippen LogP contribution in [0.25, 0.3) is 60.9 Å². The highest BCUT2D eigenvalue weighted by atomic mass is 32.2. The van der Waals surface area contributed by atoms with E-state index < -0.39 is 19.7 Å². The van der Waals surface area contributed by atoms with Crippen LogP contribution >= 0.6 is 0 Å². The van der Waals surface area contributed by atoms with E-state index in [4.69, 9.17) is 4.74 Å². The maximum Gasteiger partial charge on any atom is 0.209 e. The van der Waals surface area contributed by atoms with Crippen LogP contribution < -0.4 is 4.74 Å².